The number of rotatable bonds is 6. The minimum Gasteiger partial charge on any atom is -0.370 e. The lowest BCUT2D eigenvalue weighted by Gasteiger charge is -2.23. The zero-order chi connectivity index (χ0) is 25.2. The summed E-state index contributed by atoms with van der Waals surface area (Å²) in [4.78, 5) is 25.4. The van der Waals surface area contributed by atoms with Crippen LogP contribution < -0.4 is 20.4 Å². The number of anilines is 3. The van der Waals surface area contributed by atoms with Crippen LogP contribution >= 0.6 is 0 Å². The van der Waals surface area contributed by atoms with Gasteiger partial charge in [-0.25, -0.2) is 13.8 Å². The molecule has 2 aliphatic heterocycles. The molecule has 0 atom stereocenters. The van der Waals surface area contributed by atoms with E-state index in [1.54, 1.807) is 6.07 Å². The SMILES string of the molecule is O=C1CCC(C(=O)Nc2ccc(N3CCCC3)c(S(=O)(=O)Nc3cccc(C(F)(F)F)c3)c2)=NN1. The molecule has 0 spiro atoms. The number of carbonyl (C=O) groups excluding carboxylic acids is 2. The molecule has 1 fully saturated rings. The van der Waals surface area contributed by atoms with Crippen molar-refractivity contribution in [2.24, 2.45) is 5.10 Å². The van der Waals surface area contributed by atoms with E-state index in [9.17, 15) is 31.2 Å². The second-order valence-corrected chi connectivity index (χ2v) is 9.76. The van der Waals surface area contributed by atoms with E-state index < -0.39 is 27.7 Å². The van der Waals surface area contributed by atoms with Crippen LogP contribution in [0.2, 0.25) is 0 Å². The number of benzene rings is 2. The molecule has 186 valence electrons. The molecule has 0 radical (unpaired) electrons. The zero-order valence-electron chi connectivity index (χ0n) is 18.4. The van der Waals surface area contributed by atoms with Gasteiger partial charge in [-0.2, -0.15) is 18.3 Å². The number of hydrazone groups is 1. The molecule has 2 aliphatic rings. The molecule has 2 aromatic rings. The average molecular weight is 510 g/mol. The van der Waals surface area contributed by atoms with Crippen LogP contribution in [-0.4, -0.2) is 39.0 Å². The highest BCUT2D eigenvalue weighted by Gasteiger charge is 2.31. The van der Waals surface area contributed by atoms with Crippen LogP contribution in [0.5, 0.6) is 0 Å². The smallest absolute Gasteiger partial charge is 0.370 e. The lowest BCUT2D eigenvalue weighted by Crippen LogP contribution is -2.32. The number of hydrogen-bond acceptors (Lipinski definition) is 6. The van der Waals surface area contributed by atoms with Crippen molar-refractivity contribution in [2.45, 2.75) is 36.8 Å². The maximum atomic E-state index is 13.3. The monoisotopic (exact) mass is 509 g/mol. The van der Waals surface area contributed by atoms with Crippen molar-refractivity contribution in [3.63, 3.8) is 0 Å². The molecule has 0 saturated carbocycles. The van der Waals surface area contributed by atoms with Gasteiger partial charge in [-0.3, -0.25) is 14.3 Å². The molecule has 3 N–H and O–H groups in total. The zero-order valence-corrected chi connectivity index (χ0v) is 19.2. The average Bonchev–Trinajstić information content (AvgIpc) is 3.34. The van der Waals surface area contributed by atoms with Crippen LogP contribution in [0.25, 0.3) is 0 Å². The fourth-order valence-corrected chi connectivity index (χ4v) is 5.14. The number of hydrogen-bond donors (Lipinski definition) is 3. The van der Waals surface area contributed by atoms with E-state index in [0.29, 0.717) is 24.8 Å². The number of alkyl halides is 3. The summed E-state index contributed by atoms with van der Waals surface area (Å²) in [6.45, 7) is 1.24. The summed E-state index contributed by atoms with van der Waals surface area (Å²) < 4.78 is 68.1. The maximum Gasteiger partial charge on any atom is 0.416 e. The third-order valence-electron chi connectivity index (χ3n) is 5.56. The molecule has 1 saturated heterocycles. The molecule has 4 rings (SSSR count). The molecular weight excluding hydrogens is 487 g/mol. The van der Waals surface area contributed by atoms with Crippen LogP contribution in [0.15, 0.2) is 52.5 Å². The molecule has 0 aliphatic carbocycles. The summed E-state index contributed by atoms with van der Waals surface area (Å²) in [5.74, 6) is -0.918. The highest BCUT2D eigenvalue weighted by atomic mass is 32.2. The lowest BCUT2D eigenvalue weighted by atomic mass is 10.1. The van der Waals surface area contributed by atoms with Crippen LogP contribution in [0.4, 0.5) is 30.2 Å². The van der Waals surface area contributed by atoms with Gasteiger partial charge in [-0.05, 0) is 49.2 Å². The van der Waals surface area contributed by atoms with Gasteiger partial charge in [0.15, 0.2) is 0 Å². The Hall–Kier alpha value is -3.61. The molecule has 0 unspecified atom stereocenters. The second-order valence-electron chi connectivity index (χ2n) is 8.11. The van der Waals surface area contributed by atoms with Crippen molar-refractivity contribution in [1.82, 2.24) is 5.43 Å². The van der Waals surface area contributed by atoms with E-state index in [0.717, 1.165) is 25.0 Å². The topological polar surface area (TPSA) is 120 Å². The molecule has 0 aromatic heterocycles. The fraction of sp³-hybridized carbons (Fsp3) is 0.318. The van der Waals surface area contributed by atoms with Gasteiger partial charge in [0.2, 0.25) is 5.91 Å². The van der Waals surface area contributed by atoms with Gasteiger partial charge in [0, 0.05) is 37.3 Å². The van der Waals surface area contributed by atoms with E-state index in [2.05, 4.69) is 20.6 Å². The molecule has 2 heterocycles. The summed E-state index contributed by atoms with van der Waals surface area (Å²) in [6, 6.07) is 8.24. The van der Waals surface area contributed by atoms with E-state index in [-0.39, 0.29) is 40.7 Å². The number of amides is 2. The molecule has 13 heteroatoms. The highest BCUT2D eigenvalue weighted by Crippen LogP contribution is 2.34. The Morgan fingerprint density at radius 1 is 1.03 bits per heavy atom. The van der Waals surface area contributed by atoms with E-state index >= 15 is 0 Å². The second kappa shape index (κ2) is 9.56. The van der Waals surface area contributed by atoms with Gasteiger partial charge in [0.25, 0.3) is 15.9 Å². The summed E-state index contributed by atoms with van der Waals surface area (Å²) in [7, 11) is -4.33. The number of carbonyl (C=O) groups is 2. The van der Waals surface area contributed by atoms with E-state index in [1.807, 2.05) is 4.90 Å². The van der Waals surface area contributed by atoms with Crippen molar-refractivity contribution in [1.29, 1.82) is 0 Å². The Kier molecular flexibility index (Phi) is 6.70. The van der Waals surface area contributed by atoms with Crippen LogP contribution in [0.1, 0.15) is 31.2 Å². The van der Waals surface area contributed by atoms with Gasteiger partial charge in [0.1, 0.15) is 10.6 Å². The standard InChI is InChI=1S/C22H22F3N5O4S/c23-22(24,25)14-4-3-5-16(12-14)29-35(33,34)19-13-15(6-8-18(19)30-10-1-2-11-30)26-21(32)17-7-9-20(31)28-27-17/h3-6,8,12-13,29H,1-2,7,9-11H2,(H,26,32)(H,28,31). The van der Waals surface area contributed by atoms with Crippen LogP contribution in [-0.2, 0) is 25.8 Å². The van der Waals surface area contributed by atoms with Gasteiger partial charge >= 0.3 is 6.18 Å². The Balaban J connectivity index is 1.66. The van der Waals surface area contributed by atoms with Crippen LogP contribution in [0.3, 0.4) is 0 Å². The number of sulfonamides is 1. The summed E-state index contributed by atoms with van der Waals surface area (Å²) in [5, 5.41) is 6.29. The Bertz CT molecular complexity index is 1290. The summed E-state index contributed by atoms with van der Waals surface area (Å²) >= 11 is 0. The van der Waals surface area contributed by atoms with Crippen molar-refractivity contribution < 1.29 is 31.2 Å². The van der Waals surface area contributed by atoms with Crippen molar-refractivity contribution in [3.05, 3.63) is 48.0 Å². The molecular formula is C22H22F3N5O4S. The Labute approximate surface area is 199 Å². The third kappa shape index (κ3) is 5.73. The first-order valence-electron chi connectivity index (χ1n) is 10.8. The first kappa shape index (κ1) is 24.5. The summed E-state index contributed by atoms with van der Waals surface area (Å²) in [5.41, 5.74) is 1.60. The molecule has 2 aromatic carbocycles. The molecule has 2 amide bonds. The van der Waals surface area contributed by atoms with Gasteiger partial charge in [-0.1, -0.05) is 6.07 Å². The molecule has 9 nitrogen and oxygen atoms in total. The highest BCUT2D eigenvalue weighted by molar-refractivity contribution is 7.92. The molecule has 0 bridgehead atoms. The third-order valence-corrected chi connectivity index (χ3v) is 6.97. The lowest BCUT2D eigenvalue weighted by molar-refractivity contribution is -0.137. The van der Waals surface area contributed by atoms with Crippen LogP contribution in [0, 0.1) is 0 Å². The van der Waals surface area contributed by atoms with Gasteiger partial charge < -0.3 is 10.2 Å². The number of nitrogens with zero attached hydrogens (tertiary/aromatic N) is 2. The number of nitrogens with one attached hydrogen (secondary N) is 3. The molecule has 35 heavy (non-hydrogen) atoms. The van der Waals surface area contributed by atoms with Crippen molar-refractivity contribution >= 4 is 44.6 Å². The van der Waals surface area contributed by atoms with Gasteiger partial charge in [0.05, 0.1) is 11.3 Å². The minimum atomic E-state index is -4.63. The van der Waals surface area contributed by atoms with Gasteiger partial charge in [-0.15, -0.1) is 0 Å². The minimum absolute atomic E-state index is 0.0831. The predicted molar refractivity (Wildman–Crippen MR) is 124 cm³/mol. The normalized spacial score (nSPS) is 16.5. The first-order valence-corrected chi connectivity index (χ1v) is 12.3. The fourth-order valence-electron chi connectivity index (χ4n) is 3.84. The largest absolute Gasteiger partial charge is 0.416 e. The van der Waals surface area contributed by atoms with Crippen molar-refractivity contribution in [2.75, 3.05) is 28.0 Å². The van der Waals surface area contributed by atoms with Crippen molar-refractivity contribution in [3.8, 4) is 0 Å². The van der Waals surface area contributed by atoms with E-state index in [4.69, 9.17) is 0 Å². The summed E-state index contributed by atoms with van der Waals surface area (Å²) in [6.07, 6.45) is -2.67. The Morgan fingerprint density at radius 2 is 1.77 bits per heavy atom. The maximum absolute atomic E-state index is 13.3. The van der Waals surface area contributed by atoms with E-state index in [1.165, 1.54) is 18.2 Å². The quantitative estimate of drug-likeness (QED) is 0.552. The predicted octanol–water partition coefficient (Wildman–Crippen LogP) is 3.31. The first-order chi connectivity index (χ1) is 16.5. The Morgan fingerprint density at radius 3 is 2.43 bits per heavy atom. The number of halogens is 3.